The van der Waals surface area contributed by atoms with Crippen molar-refractivity contribution in [1.82, 2.24) is 30.3 Å². The predicted octanol–water partition coefficient (Wildman–Crippen LogP) is 3.38. The van der Waals surface area contributed by atoms with Gasteiger partial charge in [0.05, 0.1) is 23.6 Å². The summed E-state index contributed by atoms with van der Waals surface area (Å²) in [7, 11) is 2.00. The molecule has 9 nitrogen and oxygen atoms in total. The van der Waals surface area contributed by atoms with Crippen LogP contribution < -0.4 is 10.2 Å². The van der Waals surface area contributed by atoms with Gasteiger partial charge in [-0.2, -0.15) is 5.10 Å². The molecule has 9 heteroatoms. The average Bonchev–Trinajstić information content (AvgIpc) is 3.22. The van der Waals surface area contributed by atoms with Gasteiger partial charge in [-0.05, 0) is 59.6 Å². The van der Waals surface area contributed by atoms with E-state index in [0.717, 1.165) is 12.8 Å². The number of aromatic hydroxyl groups is 1. The van der Waals surface area contributed by atoms with Crippen molar-refractivity contribution in [3.63, 3.8) is 0 Å². The number of phenols is 1. The quantitative estimate of drug-likeness (QED) is 0.571. The number of hydrogen-bond acceptors (Lipinski definition) is 8. The Labute approximate surface area is 193 Å². The number of rotatable bonds is 5. The number of nitrogens with one attached hydrogen (secondary N) is 1. The summed E-state index contributed by atoms with van der Waals surface area (Å²) in [4.78, 5) is 18.1. The summed E-state index contributed by atoms with van der Waals surface area (Å²) in [6.45, 7) is 10.4. The van der Waals surface area contributed by atoms with Crippen molar-refractivity contribution in [2.75, 3.05) is 11.9 Å². The molecule has 2 N–H and O–H groups in total. The Balaban J connectivity index is 1.53. The molecule has 0 saturated carbocycles. The summed E-state index contributed by atoms with van der Waals surface area (Å²) in [6, 6.07) is 5.40. The molecule has 3 heterocycles. The zero-order valence-corrected chi connectivity index (χ0v) is 20.0. The van der Waals surface area contributed by atoms with E-state index in [0.29, 0.717) is 28.5 Å². The standard InChI is InChI=1S/C24H31N7O2/c1-15(32)16-12-26-31(14-16)17-7-8-19(21(33)9-17)20-13-25-22(28-27-20)30(6)18-10-23(2,3)29-24(4,5)11-18/h7-9,12-14,18,29,33H,10-11H2,1-6H3. The summed E-state index contributed by atoms with van der Waals surface area (Å²) >= 11 is 0. The highest BCUT2D eigenvalue weighted by Gasteiger charge is 2.39. The van der Waals surface area contributed by atoms with Crippen molar-refractivity contribution in [2.24, 2.45) is 0 Å². The van der Waals surface area contributed by atoms with Crippen LogP contribution in [0.2, 0.25) is 0 Å². The van der Waals surface area contributed by atoms with Crippen LogP contribution in [-0.2, 0) is 0 Å². The number of anilines is 1. The molecule has 0 radical (unpaired) electrons. The van der Waals surface area contributed by atoms with Gasteiger partial charge in [0, 0.05) is 42.0 Å². The van der Waals surface area contributed by atoms with Crippen molar-refractivity contribution in [3.8, 4) is 22.7 Å². The van der Waals surface area contributed by atoms with Crippen molar-refractivity contribution in [2.45, 2.75) is 64.6 Å². The Bertz CT molecular complexity index is 1150. The molecule has 0 bridgehead atoms. The first kappa shape index (κ1) is 22.8. The number of carbonyl (C=O) groups is 1. The lowest BCUT2D eigenvalue weighted by molar-refractivity contribution is 0.101. The number of hydrogen-bond donors (Lipinski definition) is 2. The molecule has 4 rings (SSSR count). The minimum atomic E-state index is -0.0647. The van der Waals surface area contributed by atoms with Crippen LogP contribution in [0.15, 0.2) is 36.8 Å². The zero-order chi connectivity index (χ0) is 24.0. The number of ketones is 1. The third-order valence-electron chi connectivity index (χ3n) is 6.09. The average molecular weight is 450 g/mol. The normalized spacial score (nSPS) is 17.6. The number of benzene rings is 1. The lowest BCUT2D eigenvalue weighted by Gasteiger charge is -2.48. The van der Waals surface area contributed by atoms with Crippen molar-refractivity contribution >= 4 is 11.7 Å². The minimum absolute atomic E-state index is 0.0152. The van der Waals surface area contributed by atoms with Crippen molar-refractivity contribution in [3.05, 3.63) is 42.4 Å². The highest BCUT2D eigenvalue weighted by atomic mass is 16.3. The summed E-state index contributed by atoms with van der Waals surface area (Å²) in [5.74, 6) is 0.526. The molecule has 33 heavy (non-hydrogen) atoms. The van der Waals surface area contributed by atoms with Crippen LogP contribution in [0.5, 0.6) is 5.75 Å². The largest absolute Gasteiger partial charge is 0.507 e. The van der Waals surface area contributed by atoms with Gasteiger partial charge in [0.15, 0.2) is 5.78 Å². The monoisotopic (exact) mass is 449 g/mol. The van der Waals surface area contributed by atoms with E-state index in [-0.39, 0.29) is 28.7 Å². The van der Waals surface area contributed by atoms with E-state index >= 15 is 0 Å². The molecule has 1 aliphatic rings. The first-order valence-electron chi connectivity index (χ1n) is 11.1. The molecule has 0 amide bonds. The number of nitrogens with zero attached hydrogens (tertiary/aromatic N) is 6. The van der Waals surface area contributed by atoms with Crippen LogP contribution in [-0.4, -0.2) is 60.0 Å². The van der Waals surface area contributed by atoms with Gasteiger partial charge in [0.25, 0.3) is 0 Å². The molecule has 2 aromatic heterocycles. The van der Waals surface area contributed by atoms with E-state index in [1.165, 1.54) is 13.1 Å². The van der Waals surface area contributed by atoms with Crippen LogP contribution in [0, 0.1) is 0 Å². The first-order chi connectivity index (χ1) is 15.4. The lowest BCUT2D eigenvalue weighted by atomic mass is 9.79. The second-order valence-electron chi connectivity index (χ2n) is 10.1. The summed E-state index contributed by atoms with van der Waals surface area (Å²) in [5, 5.41) is 27.2. The Morgan fingerprint density at radius 2 is 1.85 bits per heavy atom. The maximum absolute atomic E-state index is 11.5. The number of piperidine rings is 1. The third-order valence-corrected chi connectivity index (χ3v) is 6.09. The van der Waals surface area contributed by atoms with Crippen LogP contribution in [0.4, 0.5) is 5.95 Å². The smallest absolute Gasteiger partial charge is 0.245 e. The molecule has 1 aromatic carbocycles. The Kier molecular flexibility index (Phi) is 5.69. The van der Waals surface area contributed by atoms with Gasteiger partial charge in [-0.25, -0.2) is 9.67 Å². The lowest BCUT2D eigenvalue weighted by Crippen LogP contribution is -2.62. The molecular weight excluding hydrogens is 418 g/mol. The van der Waals surface area contributed by atoms with Gasteiger partial charge in [-0.1, -0.05) is 0 Å². The number of carbonyl (C=O) groups excluding carboxylic acids is 1. The first-order valence-corrected chi connectivity index (χ1v) is 11.1. The highest BCUT2D eigenvalue weighted by Crippen LogP contribution is 2.33. The number of aromatic nitrogens is 5. The van der Waals surface area contributed by atoms with E-state index in [1.807, 2.05) is 7.05 Å². The summed E-state index contributed by atoms with van der Waals surface area (Å²) < 4.78 is 1.55. The number of Topliss-reactive ketones (excluding diaryl/α,β-unsaturated/α-hetero) is 1. The maximum atomic E-state index is 11.5. The van der Waals surface area contributed by atoms with E-state index in [2.05, 4.69) is 58.2 Å². The van der Waals surface area contributed by atoms with Crippen LogP contribution in [0.25, 0.3) is 16.9 Å². The number of phenolic OH excluding ortho intramolecular Hbond substituents is 1. The van der Waals surface area contributed by atoms with E-state index in [9.17, 15) is 9.90 Å². The zero-order valence-electron chi connectivity index (χ0n) is 20.0. The van der Waals surface area contributed by atoms with Crippen LogP contribution in [0.1, 0.15) is 57.8 Å². The molecule has 1 saturated heterocycles. The molecule has 3 aromatic rings. The van der Waals surface area contributed by atoms with Crippen molar-refractivity contribution in [1.29, 1.82) is 0 Å². The van der Waals surface area contributed by atoms with Crippen LogP contribution >= 0.6 is 0 Å². The molecular formula is C24H31N7O2. The molecule has 1 aliphatic heterocycles. The van der Waals surface area contributed by atoms with Gasteiger partial charge in [0.1, 0.15) is 11.4 Å². The fraction of sp³-hybridized carbons (Fsp3) is 0.458. The Morgan fingerprint density at radius 3 is 2.39 bits per heavy atom. The topological polar surface area (TPSA) is 109 Å². The van der Waals surface area contributed by atoms with Gasteiger partial charge in [0.2, 0.25) is 5.95 Å². The van der Waals surface area contributed by atoms with Gasteiger partial charge in [-0.15, -0.1) is 10.2 Å². The molecule has 0 spiro atoms. The molecule has 0 unspecified atom stereocenters. The SMILES string of the molecule is CC(=O)c1cnn(-c2ccc(-c3cnc(N(C)C4CC(C)(C)NC(C)(C)C4)nn3)c(O)c2)c1. The molecule has 174 valence electrons. The van der Waals surface area contributed by atoms with E-state index in [1.54, 1.807) is 35.3 Å². The van der Waals surface area contributed by atoms with Crippen molar-refractivity contribution < 1.29 is 9.90 Å². The fourth-order valence-electron chi connectivity index (χ4n) is 4.78. The van der Waals surface area contributed by atoms with E-state index in [4.69, 9.17) is 0 Å². The highest BCUT2D eigenvalue weighted by molar-refractivity contribution is 5.93. The molecule has 0 atom stereocenters. The Morgan fingerprint density at radius 1 is 1.15 bits per heavy atom. The van der Waals surface area contributed by atoms with Gasteiger partial charge >= 0.3 is 0 Å². The minimum Gasteiger partial charge on any atom is -0.507 e. The Hall–Kier alpha value is -3.33. The predicted molar refractivity (Wildman–Crippen MR) is 127 cm³/mol. The second-order valence-corrected chi connectivity index (χ2v) is 10.1. The van der Waals surface area contributed by atoms with Gasteiger partial charge in [-0.3, -0.25) is 4.79 Å². The summed E-state index contributed by atoms with van der Waals surface area (Å²) in [6.07, 6.45) is 6.71. The van der Waals surface area contributed by atoms with Gasteiger partial charge < -0.3 is 15.3 Å². The van der Waals surface area contributed by atoms with Crippen LogP contribution in [0.3, 0.4) is 0 Å². The molecule has 0 aliphatic carbocycles. The third kappa shape index (κ3) is 4.88. The molecule has 1 fully saturated rings. The fourth-order valence-corrected chi connectivity index (χ4v) is 4.78. The maximum Gasteiger partial charge on any atom is 0.245 e. The second kappa shape index (κ2) is 8.22. The summed E-state index contributed by atoms with van der Waals surface area (Å²) in [5.41, 5.74) is 2.18. The van der Waals surface area contributed by atoms with E-state index < -0.39 is 0 Å².